The van der Waals surface area contributed by atoms with E-state index in [4.69, 9.17) is 0 Å². The summed E-state index contributed by atoms with van der Waals surface area (Å²) >= 11 is 0. The van der Waals surface area contributed by atoms with Crippen LogP contribution in [0.4, 0.5) is 0 Å². The minimum absolute atomic E-state index is 0.123. The molecule has 0 aliphatic heterocycles. The molecule has 0 spiro atoms. The third-order valence-electron chi connectivity index (χ3n) is 15.5. The lowest BCUT2D eigenvalue weighted by Crippen LogP contribution is -2.38. The Kier molecular flexibility index (Phi) is 23.2. The van der Waals surface area contributed by atoms with Crippen molar-refractivity contribution in [3.63, 3.8) is 0 Å². The Bertz CT molecular complexity index is 3050. The van der Waals surface area contributed by atoms with Crippen LogP contribution in [0.2, 0.25) is 0 Å². The normalized spacial score (nSPS) is 15.5. The fourth-order valence-electron chi connectivity index (χ4n) is 12.1. The molecule has 0 aromatic heterocycles. The molecule has 5 rings (SSSR count). The maximum absolute atomic E-state index is 15.0. The molecule has 1 fully saturated rings. The van der Waals surface area contributed by atoms with Crippen LogP contribution in [-0.4, -0.2) is 103 Å². The SMILES string of the molecule is CCCCCCCCCCN(CCCCN(CC1CC1CN(CCCCN(CC)S(=O)(=O)c1c(C)cc(C)cc1C)S(=O)(=O)c1c(C)cc(C)cc1C)S(=O)(=O)c1c(C)cc(C)cc1C)S(=O)(=O)c1c(C)cc(C)cc1C. The minimum atomic E-state index is -4.04. The zero-order valence-corrected chi connectivity index (χ0v) is 52.6. The number of unbranched alkanes of at least 4 members (excludes halogenated alkanes) is 9. The molecule has 2 atom stereocenters. The molecule has 0 amide bonds. The Balaban J connectivity index is 1.38. The average molecular weight is 1140 g/mol. The molecule has 0 bridgehead atoms. The van der Waals surface area contributed by atoms with E-state index in [0.717, 1.165) is 59.1 Å². The molecule has 0 heterocycles. The molecule has 4 aromatic carbocycles. The number of nitrogens with zero attached hydrogens (tertiary/aromatic N) is 4. The maximum Gasteiger partial charge on any atom is 0.243 e. The molecule has 1 saturated carbocycles. The molecule has 1 aliphatic carbocycles. The van der Waals surface area contributed by atoms with Gasteiger partial charge in [0, 0.05) is 52.4 Å². The van der Waals surface area contributed by atoms with Crippen molar-refractivity contribution >= 4 is 40.1 Å². The second-order valence-corrected chi connectivity index (χ2v) is 30.2. The fraction of sp³-hybridized carbons (Fsp3) is 0.607. The molecule has 0 radical (unpaired) electrons. The third-order valence-corrected chi connectivity index (χ3v) is 24.3. The fourth-order valence-corrected chi connectivity index (χ4v) is 19.8. The van der Waals surface area contributed by atoms with Crippen molar-refractivity contribution < 1.29 is 33.7 Å². The van der Waals surface area contributed by atoms with Gasteiger partial charge in [0.2, 0.25) is 40.1 Å². The first-order valence-electron chi connectivity index (χ1n) is 28.4. The second kappa shape index (κ2) is 27.8. The zero-order valence-electron chi connectivity index (χ0n) is 49.3. The number of hydrogen-bond acceptors (Lipinski definition) is 8. The van der Waals surface area contributed by atoms with Crippen molar-refractivity contribution in [1.82, 2.24) is 17.2 Å². The molecule has 77 heavy (non-hydrogen) atoms. The van der Waals surface area contributed by atoms with Crippen molar-refractivity contribution in [2.75, 3.05) is 52.4 Å². The largest absolute Gasteiger partial charge is 0.243 e. The first-order valence-corrected chi connectivity index (χ1v) is 34.2. The van der Waals surface area contributed by atoms with Gasteiger partial charge >= 0.3 is 0 Å². The summed E-state index contributed by atoms with van der Waals surface area (Å²) in [6, 6.07) is 15.1. The van der Waals surface area contributed by atoms with Crippen molar-refractivity contribution in [2.24, 2.45) is 11.8 Å². The highest BCUT2D eigenvalue weighted by atomic mass is 32.2. The van der Waals surface area contributed by atoms with Gasteiger partial charge in [-0.1, -0.05) is 130 Å². The van der Waals surface area contributed by atoms with Crippen LogP contribution >= 0.6 is 0 Å². The quantitative estimate of drug-likeness (QED) is 0.0439. The average Bonchev–Trinajstić information content (AvgIpc) is 4.04. The minimum Gasteiger partial charge on any atom is -0.207 e. The van der Waals surface area contributed by atoms with Crippen molar-refractivity contribution in [2.45, 2.75) is 200 Å². The second-order valence-electron chi connectivity index (χ2n) is 22.7. The van der Waals surface area contributed by atoms with E-state index in [1.807, 2.05) is 139 Å². The molecule has 16 heteroatoms. The summed E-state index contributed by atoms with van der Waals surface area (Å²) in [4.78, 5) is 1.20. The summed E-state index contributed by atoms with van der Waals surface area (Å²) in [6.45, 7) is 28.3. The molecule has 0 saturated heterocycles. The molecule has 0 N–H and O–H groups in total. The first-order chi connectivity index (χ1) is 36.1. The summed E-state index contributed by atoms with van der Waals surface area (Å²) in [5.41, 5.74) is 9.38. The van der Waals surface area contributed by atoms with Crippen molar-refractivity contribution in [1.29, 1.82) is 0 Å². The number of benzene rings is 4. The molecular formula is C61H94N4O8S4. The lowest BCUT2D eigenvalue weighted by Gasteiger charge is -2.27. The van der Waals surface area contributed by atoms with Crippen LogP contribution in [0.5, 0.6) is 0 Å². The Hall–Kier alpha value is -3.48. The smallest absolute Gasteiger partial charge is 0.207 e. The van der Waals surface area contributed by atoms with Crippen LogP contribution in [0.25, 0.3) is 0 Å². The van der Waals surface area contributed by atoms with Gasteiger partial charge in [-0.3, -0.25) is 0 Å². The van der Waals surface area contributed by atoms with Crippen LogP contribution in [-0.2, 0) is 40.1 Å². The topological polar surface area (TPSA) is 150 Å². The Morgan fingerprint density at radius 1 is 0.325 bits per heavy atom. The summed E-state index contributed by atoms with van der Waals surface area (Å²) in [5.74, 6) is -0.246. The van der Waals surface area contributed by atoms with E-state index in [2.05, 4.69) is 6.92 Å². The number of rotatable bonds is 32. The lowest BCUT2D eigenvalue weighted by molar-refractivity contribution is 0.337. The van der Waals surface area contributed by atoms with Crippen LogP contribution in [0.3, 0.4) is 0 Å². The number of aryl methyl sites for hydroxylation is 12. The van der Waals surface area contributed by atoms with E-state index in [-0.39, 0.29) is 67.4 Å². The molecule has 12 nitrogen and oxygen atoms in total. The summed E-state index contributed by atoms with van der Waals surface area (Å²) < 4.78 is 123. The van der Waals surface area contributed by atoms with Crippen LogP contribution in [0, 0.1) is 94.9 Å². The lowest BCUT2D eigenvalue weighted by atomic mass is 10.1. The van der Waals surface area contributed by atoms with Crippen molar-refractivity contribution in [3.05, 3.63) is 115 Å². The van der Waals surface area contributed by atoms with E-state index >= 15 is 8.42 Å². The molecule has 430 valence electrons. The molecule has 2 unspecified atom stereocenters. The highest BCUT2D eigenvalue weighted by molar-refractivity contribution is 7.90. The van der Waals surface area contributed by atoms with Gasteiger partial charge in [0.05, 0.1) is 19.6 Å². The predicted octanol–water partition coefficient (Wildman–Crippen LogP) is 12.8. The van der Waals surface area contributed by atoms with Crippen LogP contribution in [0.15, 0.2) is 68.1 Å². The number of hydrogen-bond donors (Lipinski definition) is 0. The highest BCUT2D eigenvalue weighted by Crippen LogP contribution is 2.43. The van der Waals surface area contributed by atoms with Gasteiger partial charge < -0.3 is 0 Å². The van der Waals surface area contributed by atoms with Crippen LogP contribution < -0.4 is 0 Å². The summed E-state index contributed by atoms with van der Waals surface area (Å²) in [5, 5.41) is 0. The van der Waals surface area contributed by atoms with E-state index in [0.29, 0.717) is 81.8 Å². The van der Waals surface area contributed by atoms with E-state index in [1.165, 1.54) is 30.0 Å². The van der Waals surface area contributed by atoms with Gasteiger partial charge in [-0.15, -0.1) is 0 Å². The molecule has 4 aromatic rings. The first kappa shape index (κ1) is 64.3. The van der Waals surface area contributed by atoms with Gasteiger partial charge in [0.1, 0.15) is 0 Å². The van der Waals surface area contributed by atoms with E-state index in [9.17, 15) is 25.3 Å². The Morgan fingerprint density at radius 2 is 0.545 bits per heavy atom. The van der Waals surface area contributed by atoms with E-state index < -0.39 is 40.1 Å². The predicted molar refractivity (Wildman–Crippen MR) is 316 cm³/mol. The van der Waals surface area contributed by atoms with Gasteiger partial charge in [-0.05, 0) is 178 Å². The Labute approximate surface area is 467 Å². The monoisotopic (exact) mass is 1140 g/mol. The number of sulfonamides is 4. The standard InChI is InChI=1S/C61H94N4O8S4/c1-15-17-18-19-20-21-22-23-29-63(75(68,69)59-50(9)35-45(4)36-51(59)10)30-25-27-32-65(77(72,73)61-54(13)39-47(6)40-55(61)14)43-57-41-56(57)42-64(76(70,71)60-52(11)37-46(5)38-53(60)12)31-26-24-28-62(16-2)74(66,67)58-48(7)33-44(3)34-49(58)8/h33-40,56-57H,15-32,41-43H2,1-14H3. The summed E-state index contributed by atoms with van der Waals surface area (Å²) in [7, 11) is -15.7. The highest BCUT2D eigenvalue weighted by Gasteiger charge is 2.44. The van der Waals surface area contributed by atoms with Crippen molar-refractivity contribution in [3.8, 4) is 0 Å². The van der Waals surface area contributed by atoms with Gasteiger partial charge in [0.25, 0.3) is 0 Å². The molecular weight excluding hydrogens is 1040 g/mol. The molecule has 1 aliphatic rings. The van der Waals surface area contributed by atoms with Gasteiger partial charge in [-0.25, -0.2) is 33.7 Å². The maximum atomic E-state index is 15.0. The Morgan fingerprint density at radius 3 is 0.831 bits per heavy atom. The summed E-state index contributed by atoms with van der Waals surface area (Å²) in [6.07, 6.45) is 11.1. The van der Waals surface area contributed by atoms with Crippen LogP contribution in [0.1, 0.15) is 164 Å². The van der Waals surface area contributed by atoms with Gasteiger partial charge in [-0.2, -0.15) is 17.2 Å². The zero-order chi connectivity index (χ0) is 57.2. The van der Waals surface area contributed by atoms with Gasteiger partial charge in [0.15, 0.2) is 0 Å². The van der Waals surface area contributed by atoms with E-state index in [1.54, 1.807) is 12.9 Å². The third kappa shape index (κ3) is 16.3.